The summed E-state index contributed by atoms with van der Waals surface area (Å²) < 4.78 is 5.08. The summed E-state index contributed by atoms with van der Waals surface area (Å²) in [7, 11) is 0. The average molecular weight is 225 g/mol. The predicted octanol–water partition coefficient (Wildman–Crippen LogP) is 1.82. The van der Waals surface area contributed by atoms with Gasteiger partial charge in [-0.05, 0) is 20.8 Å². The predicted molar refractivity (Wildman–Crippen MR) is 62.0 cm³/mol. The molecule has 1 heterocycles. The lowest BCUT2D eigenvalue weighted by molar-refractivity contribution is -0.152. The number of hydrogen-bond acceptors (Lipinski definition) is 5. The van der Waals surface area contributed by atoms with Crippen molar-refractivity contribution in [3.8, 4) is 0 Å². The van der Waals surface area contributed by atoms with Crippen LogP contribution < -0.4 is 0 Å². The Morgan fingerprint density at radius 1 is 1.73 bits per heavy atom. The highest BCUT2D eigenvalue weighted by Crippen LogP contribution is 2.10. The van der Waals surface area contributed by atoms with E-state index in [-0.39, 0.29) is 12.5 Å². The van der Waals surface area contributed by atoms with Gasteiger partial charge in [0.15, 0.2) is 5.04 Å². The average Bonchev–Trinajstić information content (AvgIpc) is 2.53. The van der Waals surface area contributed by atoms with Crippen LogP contribution in [0.1, 0.15) is 20.8 Å². The second-order valence-electron chi connectivity index (χ2n) is 3.87. The summed E-state index contributed by atoms with van der Waals surface area (Å²) in [4.78, 5) is 19.1. The minimum absolute atomic E-state index is 0.0247. The third kappa shape index (κ3) is 5.30. The fraction of sp³-hybridized carbons (Fsp3) is 0.500. The fourth-order valence-electron chi connectivity index (χ4n) is 0.835. The largest absolute Gasteiger partial charge is 0.459 e. The Morgan fingerprint density at radius 3 is 3.00 bits per heavy atom. The Balaban J connectivity index is 2.28. The lowest BCUT2D eigenvalue weighted by Crippen LogP contribution is -2.25. The molecule has 0 atom stereocenters. The van der Waals surface area contributed by atoms with Crippen LogP contribution in [0.3, 0.4) is 0 Å². The third-order valence-electron chi connectivity index (χ3n) is 1.25. The van der Waals surface area contributed by atoms with E-state index in [2.05, 4.69) is 15.4 Å². The van der Waals surface area contributed by atoms with Crippen LogP contribution in [0.25, 0.3) is 0 Å². The number of aliphatic imine (C=N–C) groups is 2. The summed E-state index contributed by atoms with van der Waals surface area (Å²) in [5.74, 6) is -0.334. The van der Waals surface area contributed by atoms with E-state index < -0.39 is 5.60 Å². The van der Waals surface area contributed by atoms with Gasteiger partial charge >= 0.3 is 11.4 Å². The van der Waals surface area contributed by atoms with Crippen molar-refractivity contribution in [2.45, 2.75) is 26.4 Å². The number of nitrogens with zero attached hydrogens (tertiary/aromatic N) is 2. The fourth-order valence-corrected chi connectivity index (χ4v) is 1.29. The first kappa shape index (κ1) is 11.9. The molecule has 0 radical (unpaired) electrons. The molecule has 0 unspecified atom stereocenters. The van der Waals surface area contributed by atoms with E-state index in [1.165, 1.54) is 11.8 Å². The van der Waals surface area contributed by atoms with Gasteiger partial charge < -0.3 is 4.74 Å². The van der Waals surface area contributed by atoms with E-state index in [0.717, 1.165) is 5.04 Å². The zero-order chi connectivity index (χ0) is 11.3. The van der Waals surface area contributed by atoms with Gasteiger partial charge in [-0.2, -0.15) is 4.99 Å². The number of carbonyl (C=O) groups excluding carboxylic acids is 1. The molecule has 4 nitrogen and oxygen atoms in total. The van der Waals surface area contributed by atoms with Crippen LogP contribution >= 0.6 is 11.8 Å². The maximum atomic E-state index is 11.2. The molecular formula is C10H13N2O2S+. The molecule has 5 heteroatoms. The van der Waals surface area contributed by atoms with Gasteiger partial charge in [-0.1, -0.05) is 0 Å². The summed E-state index contributed by atoms with van der Waals surface area (Å²) in [6.07, 6.45) is 3.12. The van der Waals surface area contributed by atoms with E-state index >= 15 is 0 Å². The molecule has 0 aliphatic carbocycles. The van der Waals surface area contributed by atoms with Gasteiger partial charge in [-0.25, -0.2) is 0 Å². The Morgan fingerprint density at radius 2 is 2.47 bits per heavy atom. The molecule has 15 heavy (non-hydrogen) atoms. The van der Waals surface area contributed by atoms with Crippen molar-refractivity contribution in [3.05, 3.63) is 11.6 Å². The summed E-state index contributed by atoms with van der Waals surface area (Å²) in [6, 6.07) is 0. The molecule has 0 fully saturated rings. The molecule has 0 aromatic heterocycles. The number of ether oxygens (including phenoxy) is 1. The highest BCUT2D eigenvalue weighted by Gasteiger charge is 2.16. The topological polar surface area (TPSA) is 51.0 Å². The first-order valence-corrected chi connectivity index (χ1v) is 5.32. The van der Waals surface area contributed by atoms with Gasteiger partial charge in [0.25, 0.3) is 6.20 Å². The SMILES string of the molecule is CC(C)(C)OC(=O)CN=CC1=NC=[C+]S1. The van der Waals surface area contributed by atoms with E-state index in [1.807, 2.05) is 20.8 Å². The maximum absolute atomic E-state index is 11.2. The van der Waals surface area contributed by atoms with Gasteiger partial charge in [0.2, 0.25) is 11.8 Å². The minimum atomic E-state index is -0.457. The van der Waals surface area contributed by atoms with Gasteiger partial charge in [0.05, 0.1) is 6.21 Å². The van der Waals surface area contributed by atoms with Gasteiger partial charge in [-0.3, -0.25) is 9.79 Å². The molecule has 80 valence electrons. The molecule has 0 bridgehead atoms. The summed E-state index contributed by atoms with van der Waals surface area (Å²) >= 11 is 1.35. The molecule has 0 aromatic rings. The lowest BCUT2D eigenvalue weighted by atomic mass is 10.2. The number of carbonyl (C=O) groups is 1. The number of esters is 1. The number of rotatable bonds is 3. The zero-order valence-corrected chi connectivity index (χ0v) is 9.80. The van der Waals surface area contributed by atoms with Crippen LogP contribution in [0.4, 0.5) is 0 Å². The molecule has 0 saturated heterocycles. The Bertz CT molecular complexity index is 327. The van der Waals surface area contributed by atoms with E-state index in [9.17, 15) is 4.79 Å². The first-order valence-electron chi connectivity index (χ1n) is 4.51. The van der Waals surface area contributed by atoms with Crippen molar-refractivity contribution in [3.63, 3.8) is 0 Å². The highest BCUT2D eigenvalue weighted by atomic mass is 32.2. The smallest absolute Gasteiger partial charge is 0.337 e. The van der Waals surface area contributed by atoms with Crippen molar-refractivity contribution in [1.82, 2.24) is 0 Å². The second kappa shape index (κ2) is 5.05. The summed E-state index contributed by atoms with van der Waals surface area (Å²) in [5.41, 5.74) is -0.457. The molecule has 1 aliphatic heterocycles. The number of hydrogen-bond donors (Lipinski definition) is 0. The van der Waals surface area contributed by atoms with E-state index in [4.69, 9.17) is 4.74 Å². The van der Waals surface area contributed by atoms with Crippen LogP contribution in [0.2, 0.25) is 0 Å². The van der Waals surface area contributed by atoms with Crippen molar-refractivity contribution in [2.24, 2.45) is 9.98 Å². The van der Waals surface area contributed by atoms with Crippen molar-refractivity contribution in [1.29, 1.82) is 0 Å². The van der Waals surface area contributed by atoms with Gasteiger partial charge in [0.1, 0.15) is 12.1 Å². The Kier molecular flexibility index (Phi) is 4.00. The molecule has 0 saturated carbocycles. The van der Waals surface area contributed by atoms with Crippen LogP contribution in [0, 0.1) is 5.41 Å². The van der Waals surface area contributed by atoms with Crippen molar-refractivity contribution >= 4 is 29.0 Å². The molecule has 0 spiro atoms. The van der Waals surface area contributed by atoms with E-state index in [1.54, 1.807) is 12.4 Å². The van der Waals surface area contributed by atoms with Crippen LogP contribution in [0.5, 0.6) is 0 Å². The van der Waals surface area contributed by atoms with Gasteiger partial charge in [0, 0.05) is 0 Å². The summed E-state index contributed by atoms with van der Waals surface area (Å²) in [5, 5.41) is 3.56. The quantitative estimate of drug-likeness (QED) is 0.418. The summed E-state index contributed by atoms with van der Waals surface area (Å²) in [6.45, 7) is 5.50. The minimum Gasteiger partial charge on any atom is -0.459 e. The lowest BCUT2D eigenvalue weighted by Gasteiger charge is -2.18. The monoisotopic (exact) mass is 225 g/mol. The standard InChI is InChI=1S/C10H13N2O2S/c1-10(2,3)14-9(13)7-11-6-8-12-4-5-15-8/h4,6H,7H2,1-3H3/q+1. The molecule has 0 aromatic carbocycles. The van der Waals surface area contributed by atoms with Crippen LogP contribution in [-0.4, -0.2) is 29.4 Å². The van der Waals surface area contributed by atoms with E-state index in [0.29, 0.717) is 0 Å². The van der Waals surface area contributed by atoms with Gasteiger partial charge in [-0.15, -0.1) is 0 Å². The Labute approximate surface area is 93.5 Å². The molecule has 1 aliphatic rings. The van der Waals surface area contributed by atoms with Crippen molar-refractivity contribution < 1.29 is 9.53 Å². The van der Waals surface area contributed by atoms with Crippen molar-refractivity contribution in [2.75, 3.05) is 6.54 Å². The Hall–Kier alpha value is -1.19. The first-order chi connectivity index (χ1) is 6.97. The molecular weight excluding hydrogens is 212 g/mol. The van der Waals surface area contributed by atoms with Crippen LogP contribution in [-0.2, 0) is 9.53 Å². The maximum Gasteiger partial charge on any atom is 0.337 e. The normalized spacial score (nSPS) is 15.3. The third-order valence-corrected chi connectivity index (χ3v) is 1.89. The molecule has 0 amide bonds. The molecule has 0 N–H and O–H groups in total. The number of thioether (sulfide) groups is 1. The molecule has 1 rings (SSSR count). The second-order valence-corrected chi connectivity index (χ2v) is 4.73. The highest BCUT2D eigenvalue weighted by molar-refractivity contribution is 8.17. The zero-order valence-electron chi connectivity index (χ0n) is 8.98. The van der Waals surface area contributed by atoms with Crippen LogP contribution in [0.15, 0.2) is 16.2 Å².